The average Bonchev–Trinajstić information content (AvgIpc) is 2.67. The average molecular weight is 219 g/mol. The van der Waals surface area contributed by atoms with E-state index in [2.05, 4.69) is 42.1 Å². The Hall–Kier alpha value is -0.960. The summed E-state index contributed by atoms with van der Waals surface area (Å²) in [5.74, 6) is 1.65. The summed E-state index contributed by atoms with van der Waals surface area (Å²) in [6.07, 6.45) is 3.45. The van der Waals surface area contributed by atoms with Crippen LogP contribution in [-0.2, 0) is 6.42 Å². The summed E-state index contributed by atoms with van der Waals surface area (Å²) >= 11 is 0. The second kappa shape index (κ2) is 4.91. The molecule has 1 atom stereocenters. The minimum atomic E-state index is 0.380. The molecule has 3 heteroatoms. The Bertz CT molecular complexity index is 354. The van der Waals surface area contributed by atoms with Crippen LogP contribution in [0.2, 0.25) is 0 Å². The normalized spacial score (nSPS) is 20.6. The molecule has 0 spiro atoms. The highest BCUT2D eigenvalue weighted by molar-refractivity contribution is 5.13. The zero-order chi connectivity index (χ0) is 11.5. The first-order chi connectivity index (χ1) is 7.65. The largest absolute Gasteiger partial charge is 0.307 e. The molecule has 1 fully saturated rings. The molecule has 1 aliphatic heterocycles. The molecular weight excluding hydrogens is 198 g/mol. The van der Waals surface area contributed by atoms with E-state index in [0.29, 0.717) is 12.0 Å². The first kappa shape index (κ1) is 11.5. The molecule has 1 aromatic heterocycles. The Labute approximate surface area is 97.7 Å². The standard InChI is InChI=1S/C13H21N3/c1-9(2)7-11-8-10(3)15-13(16-11)12-5-4-6-14-12/h8-9,12,14H,4-7H2,1-3H3. The van der Waals surface area contributed by atoms with E-state index in [1.807, 2.05) is 0 Å². The molecular formula is C13H21N3. The maximum atomic E-state index is 4.68. The molecule has 0 saturated carbocycles. The fraction of sp³-hybridized carbons (Fsp3) is 0.692. The predicted molar refractivity (Wildman–Crippen MR) is 65.3 cm³/mol. The van der Waals surface area contributed by atoms with Crippen molar-refractivity contribution in [1.82, 2.24) is 15.3 Å². The highest BCUT2D eigenvalue weighted by Gasteiger charge is 2.19. The van der Waals surface area contributed by atoms with Crippen molar-refractivity contribution in [2.75, 3.05) is 6.54 Å². The van der Waals surface area contributed by atoms with E-state index < -0.39 is 0 Å². The second-order valence-electron chi connectivity index (χ2n) is 5.11. The summed E-state index contributed by atoms with van der Waals surface area (Å²) in [7, 11) is 0. The maximum absolute atomic E-state index is 4.68. The number of aromatic nitrogens is 2. The van der Waals surface area contributed by atoms with Crippen molar-refractivity contribution in [2.24, 2.45) is 5.92 Å². The lowest BCUT2D eigenvalue weighted by Crippen LogP contribution is -2.17. The molecule has 88 valence electrons. The Morgan fingerprint density at radius 2 is 2.25 bits per heavy atom. The van der Waals surface area contributed by atoms with Gasteiger partial charge in [-0.05, 0) is 44.7 Å². The number of hydrogen-bond acceptors (Lipinski definition) is 3. The van der Waals surface area contributed by atoms with Crippen LogP contribution in [0.25, 0.3) is 0 Å². The highest BCUT2D eigenvalue weighted by Crippen LogP contribution is 2.20. The van der Waals surface area contributed by atoms with Crippen molar-refractivity contribution in [3.63, 3.8) is 0 Å². The van der Waals surface area contributed by atoms with Gasteiger partial charge < -0.3 is 5.32 Å². The summed E-state index contributed by atoms with van der Waals surface area (Å²) in [6, 6.07) is 2.49. The van der Waals surface area contributed by atoms with Crippen LogP contribution in [0.1, 0.15) is 49.9 Å². The third-order valence-corrected chi connectivity index (χ3v) is 2.91. The van der Waals surface area contributed by atoms with E-state index in [1.165, 1.54) is 18.5 Å². The van der Waals surface area contributed by atoms with Crippen molar-refractivity contribution in [2.45, 2.75) is 46.1 Å². The lowest BCUT2D eigenvalue weighted by molar-refractivity contribution is 0.582. The second-order valence-corrected chi connectivity index (χ2v) is 5.11. The van der Waals surface area contributed by atoms with Crippen LogP contribution in [0.5, 0.6) is 0 Å². The van der Waals surface area contributed by atoms with Gasteiger partial charge in [0, 0.05) is 11.4 Å². The molecule has 1 aliphatic rings. The third-order valence-electron chi connectivity index (χ3n) is 2.91. The molecule has 2 rings (SSSR count). The number of nitrogens with zero attached hydrogens (tertiary/aromatic N) is 2. The summed E-state index contributed by atoms with van der Waals surface area (Å²) in [4.78, 5) is 9.23. The first-order valence-electron chi connectivity index (χ1n) is 6.23. The molecule has 0 radical (unpaired) electrons. The van der Waals surface area contributed by atoms with E-state index in [0.717, 1.165) is 24.5 Å². The SMILES string of the molecule is Cc1cc(CC(C)C)nc(C2CCCN2)n1. The zero-order valence-corrected chi connectivity index (χ0v) is 10.5. The summed E-state index contributed by atoms with van der Waals surface area (Å²) < 4.78 is 0. The fourth-order valence-electron chi connectivity index (χ4n) is 2.24. The molecule has 2 heterocycles. The van der Waals surface area contributed by atoms with Gasteiger partial charge in [0.2, 0.25) is 0 Å². The van der Waals surface area contributed by atoms with Crippen molar-refractivity contribution < 1.29 is 0 Å². The van der Waals surface area contributed by atoms with Gasteiger partial charge in [0.15, 0.2) is 0 Å². The van der Waals surface area contributed by atoms with E-state index >= 15 is 0 Å². The smallest absolute Gasteiger partial charge is 0.145 e. The van der Waals surface area contributed by atoms with Crippen LogP contribution in [0, 0.1) is 12.8 Å². The van der Waals surface area contributed by atoms with Crippen LogP contribution in [0.4, 0.5) is 0 Å². The summed E-state index contributed by atoms with van der Waals surface area (Å²) in [5, 5.41) is 3.46. The molecule has 3 nitrogen and oxygen atoms in total. The molecule has 1 aromatic rings. The molecule has 0 bridgehead atoms. The molecule has 1 N–H and O–H groups in total. The van der Waals surface area contributed by atoms with Gasteiger partial charge in [0.25, 0.3) is 0 Å². The fourth-order valence-corrected chi connectivity index (χ4v) is 2.24. The third kappa shape index (κ3) is 2.79. The van der Waals surface area contributed by atoms with Gasteiger partial charge in [0.1, 0.15) is 5.82 Å². The maximum Gasteiger partial charge on any atom is 0.145 e. The van der Waals surface area contributed by atoms with Crippen LogP contribution in [-0.4, -0.2) is 16.5 Å². The predicted octanol–water partition coefficient (Wildman–Crippen LogP) is 2.41. The Morgan fingerprint density at radius 3 is 2.88 bits per heavy atom. The van der Waals surface area contributed by atoms with E-state index in [9.17, 15) is 0 Å². The van der Waals surface area contributed by atoms with Gasteiger partial charge in [-0.25, -0.2) is 9.97 Å². The Morgan fingerprint density at radius 1 is 1.44 bits per heavy atom. The van der Waals surface area contributed by atoms with E-state index in [-0.39, 0.29) is 0 Å². The van der Waals surface area contributed by atoms with Crippen LogP contribution >= 0.6 is 0 Å². The minimum absolute atomic E-state index is 0.380. The van der Waals surface area contributed by atoms with Crippen LogP contribution in [0.3, 0.4) is 0 Å². The van der Waals surface area contributed by atoms with Crippen molar-refractivity contribution in [3.05, 3.63) is 23.3 Å². The molecule has 0 aliphatic carbocycles. The lowest BCUT2D eigenvalue weighted by Gasteiger charge is -2.12. The van der Waals surface area contributed by atoms with Crippen molar-refractivity contribution in [3.8, 4) is 0 Å². The molecule has 1 saturated heterocycles. The van der Waals surface area contributed by atoms with Crippen LogP contribution in [0.15, 0.2) is 6.07 Å². The van der Waals surface area contributed by atoms with Crippen molar-refractivity contribution in [1.29, 1.82) is 0 Å². The van der Waals surface area contributed by atoms with Gasteiger partial charge in [-0.3, -0.25) is 0 Å². The zero-order valence-electron chi connectivity index (χ0n) is 10.5. The van der Waals surface area contributed by atoms with Gasteiger partial charge in [-0.2, -0.15) is 0 Å². The number of rotatable bonds is 3. The first-order valence-corrected chi connectivity index (χ1v) is 6.23. The van der Waals surface area contributed by atoms with Crippen molar-refractivity contribution >= 4 is 0 Å². The summed E-state index contributed by atoms with van der Waals surface area (Å²) in [6.45, 7) is 7.61. The number of aryl methyl sites for hydroxylation is 1. The molecule has 1 unspecified atom stereocenters. The topological polar surface area (TPSA) is 37.8 Å². The van der Waals surface area contributed by atoms with Gasteiger partial charge in [0.05, 0.1) is 6.04 Å². The molecule has 16 heavy (non-hydrogen) atoms. The lowest BCUT2D eigenvalue weighted by atomic mass is 10.1. The monoisotopic (exact) mass is 219 g/mol. The quantitative estimate of drug-likeness (QED) is 0.848. The number of nitrogens with one attached hydrogen (secondary N) is 1. The van der Waals surface area contributed by atoms with Gasteiger partial charge >= 0.3 is 0 Å². The van der Waals surface area contributed by atoms with E-state index in [4.69, 9.17) is 0 Å². The number of hydrogen-bond donors (Lipinski definition) is 1. The Kier molecular flexibility index (Phi) is 3.54. The Balaban J connectivity index is 2.20. The van der Waals surface area contributed by atoms with Crippen LogP contribution < -0.4 is 5.32 Å². The summed E-state index contributed by atoms with van der Waals surface area (Å²) in [5.41, 5.74) is 2.28. The van der Waals surface area contributed by atoms with Gasteiger partial charge in [-0.1, -0.05) is 13.8 Å². The molecule has 0 aromatic carbocycles. The highest BCUT2D eigenvalue weighted by atomic mass is 15.0. The minimum Gasteiger partial charge on any atom is -0.307 e. The van der Waals surface area contributed by atoms with Gasteiger partial charge in [-0.15, -0.1) is 0 Å². The van der Waals surface area contributed by atoms with E-state index in [1.54, 1.807) is 0 Å². The molecule has 0 amide bonds.